The minimum absolute atomic E-state index is 0.231. The Balaban J connectivity index is 1.62. The zero-order valence-electron chi connectivity index (χ0n) is 14.0. The van der Waals surface area contributed by atoms with E-state index in [1.807, 2.05) is 30.3 Å². The number of oxazole rings is 1. The molecule has 0 aliphatic carbocycles. The molecule has 1 fully saturated rings. The Bertz CT molecular complexity index is 744. The van der Waals surface area contributed by atoms with Crippen LogP contribution < -0.4 is 5.32 Å². The fourth-order valence-electron chi connectivity index (χ4n) is 2.93. The molecule has 132 valence electrons. The summed E-state index contributed by atoms with van der Waals surface area (Å²) in [5.41, 5.74) is 0.917. The van der Waals surface area contributed by atoms with Crippen LogP contribution in [0.5, 0.6) is 0 Å². The Morgan fingerprint density at radius 2 is 2.12 bits per heavy atom. The first kappa shape index (κ1) is 17.0. The van der Waals surface area contributed by atoms with Crippen LogP contribution in [0.15, 0.2) is 40.9 Å². The second-order valence-electron chi connectivity index (χ2n) is 6.22. The van der Waals surface area contributed by atoms with Gasteiger partial charge in [0.2, 0.25) is 5.89 Å². The van der Waals surface area contributed by atoms with E-state index < -0.39 is 17.9 Å². The first-order valence-corrected chi connectivity index (χ1v) is 8.34. The lowest BCUT2D eigenvalue weighted by atomic mass is 9.99. The molecule has 2 N–H and O–H groups in total. The van der Waals surface area contributed by atoms with Crippen LogP contribution in [0.1, 0.15) is 31.7 Å². The predicted octanol–water partition coefficient (Wildman–Crippen LogP) is 2.91. The highest BCUT2D eigenvalue weighted by Gasteiger charge is 2.29. The third-order valence-electron chi connectivity index (χ3n) is 4.35. The molecule has 7 nitrogen and oxygen atoms in total. The fraction of sp³-hybridized carbons (Fsp3) is 0.389. The SMILES string of the molecule is CC(NC(=O)N1CCCC(C(=O)O)C1)c1ncc(-c2ccccc2)o1. The van der Waals surface area contributed by atoms with E-state index in [-0.39, 0.29) is 12.6 Å². The molecule has 25 heavy (non-hydrogen) atoms. The third-order valence-corrected chi connectivity index (χ3v) is 4.35. The molecule has 3 rings (SSSR count). The molecule has 0 saturated carbocycles. The van der Waals surface area contributed by atoms with E-state index in [1.54, 1.807) is 18.0 Å². The Hall–Kier alpha value is -2.83. The van der Waals surface area contributed by atoms with Crippen molar-refractivity contribution in [2.75, 3.05) is 13.1 Å². The summed E-state index contributed by atoms with van der Waals surface area (Å²) in [6.45, 7) is 2.58. The number of likely N-dealkylation sites (tertiary alicyclic amines) is 1. The van der Waals surface area contributed by atoms with Crippen LogP contribution in [0, 0.1) is 5.92 Å². The highest BCUT2D eigenvalue weighted by Crippen LogP contribution is 2.23. The zero-order chi connectivity index (χ0) is 17.8. The first-order valence-electron chi connectivity index (χ1n) is 8.34. The summed E-state index contributed by atoms with van der Waals surface area (Å²) in [7, 11) is 0. The standard InChI is InChI=1S/C18H21N3O4/c1-12(16-19-10-15(25-16)13-6-3-2-4-7-13)20-18(24)21-9-5-8-14(11-21)17(22)23/h2-4,6-7,10,12,14H,5,8-9,11H2,1H3,(H,20,24)(H,22,23). The monoisotopic (exact) mass is 343 g/mol. The number of carboxylic acid groups (broad SMARTS) is 1. The van der Waals surface area contributed by atoms with Gasteiger partial charge in [-0.3, -0.25) is 4.79 Å². The van der Waals surface area contributed by atoms with Crippen LogP contribution in [0.2, 0.25) is 0 Å². The van der Waals surface area contributed by atoms with Gasteiger partial charge >= 0.3 is 12.0 Å². The normalized spacial score (nSPS) is 18.6. The molecule has 2 unspecified atom stereocenters. The van der Waals surface area contributed by atoms with E-state index in [2.05, 4.69) is 10.3 Å². The van der Waals surface area contributed by atoms with Crippen molar-refractivity contribution in [1.82, 2.24) is 15.2 Å². The largest absolute Gasteiger partial charge is 0.481 e. The topological polar surface area (TPSA) is 95.7 Å². The second kappa shape index (κ2) is 7.38. The number of rotatable bonds is 4. The number of benzene rings is 1. The molecule has 0 spiro atoms. The van der Waals surface area contributed by atoms with Gasteiger partial charge in [0.25, 0.3) is 0 Å². The lowest BCUT2D eigenvalue weighted by molar-refractivity contribution is -0.143. The molecule has 0 bridgehead atoms. The van der Waals surface area contributed by atoms with Gasteiger partial charge in [-0.15, -0.1) is 0 Å². The van der Waals surface area contributed by atoms with E-state index >= 15 is 0 Å². The minimum atomic E-state index is -0.856. The van der Waals surface area contributed by atoms with Gasteiger partial charge < -0.3 is 19.7 Å². The molecule has 1 aliphatic heterocycles. The van der Waals surface area contributed by atoms with Crippen LogP contribution in [0.25, 0.3) is 11.3 Å². The third kappa shape index (κ3) is 3.99. The molecular formula is C18H21N3O4. The molecule has 2 amide bonds. The van der Waals surface area contributed by atoms with E-state index in [0.717, 1.165) is 5.56 Å². The number of hydrogen-bond acceptors (Lipinski definition) is 4. The maximum Gasteiger partial charge on any atom is 0.318 e. The summed E-state index contributed by atoms with van der Waals surface area (Å²) < 4.78 is 5.74. The maximum absolute atomic E-state index is 12.4. The number of aromatic nitrogens is 1. The quantitative estimate of drug-likeness (QED) is 0.890. The van der Waals surface area contributed by atoms with Crippen molar-refractivity contribution in [3.8, 4) is 11.3 Å². The lowest BCUT2D eigenvalue weighted by Gasteiger charge is -2.31. The smallest absolute Gasteiger partial charge is 0.318 e. The van der Waals surface area contributed by atoms with Crippen LogP contribution in [0.3, 0.4) is 0 Å². The number of aliphatic carboxylic acids is 1. The van der Waals surface area contributed by atoms with Gasteiger partial charge in [-0.05, 0) is 19.8 Å². The zero-order valence-corrected chi connectivity index (χ0v) is 14.0. The summed E-state index contributed by atoms with van der Waals surface area (Å²) in [4.78, 5) is 29.3. The molecule has 1 aromatic heterocycles. The van der Waals surface area contributed by atoms with Gasteiger partial charge in [-0.2, -0.15) is 0 Å². The van der Waals surface area contributed by atoms with Crippen LogP contribution in [0.4, 0.5) is 4.79 Å². The number of urea groups is 1. The molecule has 2 heterocycles. The number of amides is 2. The van der Waals surface area contributed by atoms with Crippen molar-refractivity contribution in [2.24, 2.45) is 5.92 Å². The summed E-state index contributed by atoms with van der Waals surface area (Å²) in [6.07, 6.45) is 2.93. The number of carbonyl (C=O) groups excluding carboxylic acids is 1. The van der Waals surface area contributed by atoms with E-state index in [9.17, 15) is 9.59 Å². The molecule has 1 aliphatic rings. The first-order chi connectivity index (χ1) is 12.0. The fourth-order valence-corrected chi connectivity index (χ4v) is 2.93. The summed E-state index contributed by atoms with van der Waals surface area (Å²) >= 11 is 0. The van der Waals surface area contributed by atoms with Crippen molar-refractivity contribution in [3.63, 3.8) is 0 Å². The number of nitrogens with one attached hydrogen (secondary N) is 1. The number of carbonyl (C=O) groups is 2. The van der Waals surface area contributed by atoms with E-state index in [1.165, 1.54) is 0 Å². The second-order valence-corrected chi connectivity index (χ2v) is 6.22. The number of piperidine rings is 1. The molecule has 7 heteroatoms. The van der Waals surface area contributed by atoms with Gasteiger partial charge in [0.1, 0.15) is 6.04 Å². The lowest BCUT2D eigenvalue weighted by Crippen LogP contribution is -2.47. The van der Waals surface area contributed by atoms with Gasteiger partial charge in [0.05, 0.1) is 12.1 Å². The highest BCUT2D eigenvalue weighted by molar-refractivity contribution is 5.76. The van der Waals surface area contributed by atoms with Crippen molar-refractivity contribution in [1.29, 1.82) is 0 Å². The molecule has 2 aromatic rings. The van der Waals surface area contributed by atoms with Crippen LogP contribution in [-0.2, 0) is 4.79 Å². The van der Waals surface area contributed by atoms with Crippen molar-refractivity contribution in [2.45, 2.75) is 25.8 Å². The number of nitrogens with zero attached hydrogens (tertiary/aromatic N) is 2. The van der Waals surface area contributed by atoms with Crippen LogP contribution >= 0.6 is 0 Å². The predicted molar refractivity (Wildman–Crippen MR) is 90.8 cm³/mol. The maximum atomic E-state index is 12.4. The Kier molecular flexibility index (Phi) is 5.02. The van der Waals surface area contributed by atoms with Gasteiger partial charge in [0, 0.05) is 18.7 Å². The van der Waals surface area contributed by atoms with Gasteiger partial charge in [-0.25, -0.2) is 9.78 Å². The number of carboxylic acids is 1. The van der Waals surface area contributed by atoms with Gasteiger partial charge in [-0.1, -0.05) is 30.3 Å². The molecule has 2 atom stereocenters. The minimum Gasteiger partial charge on any atom is -0.481 e. The van der Waals surface area contributed by atoms with E-state index in [0.29, 0.717) is 31.0 Å². The summed E-state index contributed by atoms with van der Waals surface area (Å²) in [5, 5.41) is 12.0. The Labute approximate surface area is 145 Å². The summed E-state index contributed by atoms with van der Waals surface area (Å²) in [6, 6.07) is 8.90. The highest BCUT2D eigenvalue weighted by atomic mass is 16.4. The van der Waals surface area contributed by atoms with E-state index in [4.69, 9.17) is 9.52 Å². The summed E-state index contributed by atoms with van der Waals surface area (Å²) in [5.74, 6) is -0.299. The van der Waals surface area contributed by atoms with Crippen molar-refractivity contribution >= 4 is 12.0 Å². The molecule has 0 radical (unpaired) electrons. The van der Waals surface area contributed by atoms with Crippen LogP contribution in [-0.4, -0.2) is 40.1 Å². The van der Waals surface area contributed by atoms with Gasteiger partial charge in [0.15, 0.2) is 5.76 Å². The number of hydrogen-bond donors (Lipinski definition) is 2. The van der Waals surface area contributed by atoms with Crippen molar-refractivity contribution < 1.29 is 19.1 Å². The molecular weight excluding hydrogens is 322 g/mol. The average molecular weight is 343 g/mol. The Morgan fingerprint density at radius 1 is 1.36 bits per heavy atom. The van der Waals surface area contributed by atoms with Crippen molar-refractivity contribution in [3.05, 3.63) is 42.4 Å². The Morgan fingerprint density at radius 3 is 2.84 bits per heavy atom. The molecule has 1 aromatic carbocycles. The average Bonchev–Trinajstić information content (AvgIpc) is 3.13. The molecule has 1 saturated heterocycles.